The molecule has 0 amide bonds. The maximum absolute atomic E-state index is 5.92. The molecule has 0 spiro atoms. The minimum Gasteiger partial charge on any atom is -0.631 e. The first-order valence-electron chi connectivity index (χ1n) is 16.9. The molecule has 246 valence electrons. The van der Waals surface area contributed by atoms with Crippen molar-refractivity contribution >= 4 is 57.3 Å². The minimum absolute atomic E-state index is 0. The molecule has 2 nitrogen and oxygen atoms in total. The van der Waals surface area contributed by atoms with Crippen LogP contribution in [0.25, 0.3) is 4.75 Å². The molecule has 1 fully saturated rings. The van der Waals surface area contributed by atoms with Crippen molar-refractivity contribution in [3.8, 4) is 0 Å². The topological polar surface area (TPSA) is 26.5 Å². The molecule has 1 aliphatic rings. The summed E-state index contributed by atoms with van der Waals surface area (Å²) in [5.74, 6) is 0. The second-order valence-electron chi connectivity index (χ2n) is 14.2. The fourth-order valence-corrected chi connectivity index (χ4v) is 24.0. The van der Waals surface area contributed by atoms with E-state index in [2.05, 4.69) is 166 Å². The molecule has 4 aromatic carbocycles. The monoisotopic (exact) mass is 821 g/mol. The van der Waals surface area contributed by atoms with Gasteiger partial charge in [-0.1, -0.05) is 226 Å². The number of nitrogens with zero attached hydrogens (tertiary/aromatic N) is 2. The summed E-state index contributed by atoms with van der Waals surface area (Å²) in [6.07, 6.45) is 12.0. The van der Waals surface area contributed by atoms with Gasteiger partial charge in [-0.25, -0.2) is 0 Å². The van der Waals surface area contributed by atoms with Crippen LogP contribution in [-0.4, -0.2) is 22.0 Å². The van der Waals surface area contributed by atoms with Crippen LogP contribution in [0.15, 0.2) is 126 Å². The minimum atomic E-state index is -2.32. The van der Waals surface area contributed by atoms with Crippen LogP contribution in [0.1, 0.15) is 51.4 Å². The van der Waals surface area contributed by atoms with Crippen molar-refractivity contribution in [2.45, 2.75) is 90.6 Å². The van der Waals surface area contributed by atoms with Gasteiger partial charge < -0.3 is 9.16 Å². The van der Waals surface area contributed by atoms with E-state index in [4.69, 9.17) is 9.16 Å². The molecule has 1 aliphatic carbocycles. The molecule has 0 aromatic heterocycles. The van der Waals surface area contributed by atoms with E-state index in [9.17, 15) is 0 Å². The first-order valence-corrected chi connectivity index (χ1v) is 27.4. The second kappa shape index (κ2) is 18.8. The van der Waals surface area contributed by atoms with E-state index in [1.807, 2.05) is 0 Å². The molecule has 0 unspecified atom stereocenters. The van der Waals surface area contributed by atoms with Crippen LogP contribution in [0.4, 0.5) is 0 Å². The van der Waals surface area contributed by atoms with Crippen LogP contribution >= 0.6 is 14.1 Å². The van der Waals surface area contributed by atoms with Crippen LogP contribution in [-0.2, 0) is 0 Å². The Balaban J connectivity index is 0.000000559. The molecule has 0 heterocycles. The van der Waals surface area contributed by atoms with Crippen molar-refractivity contribution in [3.63, 3.8) is 0 Å². The Morgan fingerprint density at radius 2 is 0.761 bits per heavy atom. The molecular formula is C39H55N2P2Si2Sm-. The van der Waals surface area contributed by atoms with E-state index in [-0.39, 0.29) is 40.4 Å². The van der Waals surface area contributed by atoms with Gasteiger partial charge in [-0.3, -0.25) is 0 Å². The predicted molar refractivity (Wildman–Crippen MR) is 214 cm³/mol. The third kappa shape index (κ3) is 11.6. The Bertz CT molecular complexity index is 1440. The summed E-state index contributed by atoms with van der Waals surface area (Å²) >= 11 is 0. The van der Waals surface area contributed by atoms with Gasteiger partial charge in [0, 0.05) is 47.4 Å². The summed E-state index contributed by atoms with van der Waals surface area (Å²) in [6.45, 7) is 14.2. The zero-order valence-corrected chi connectivity index (χ0v) is 35.4. The maximum Gasteiger partial charge on any atom is 0.171 e. The van der Waals surface area contributed by atoms with E-state index in [1.165, 1.54) is 72.6 Å². The van der Waals surface area contributed by atoms with Crippen LogP contribution in [0.5, 0.6) is 0 Å². The van der Waals surface area contributed by atoms with Gasteiger partial charge in [-0.2, -0.15) is 0 Å². The number of hydrogen-bond acceptors (Lipinski definition) is 1. The summed E-state index contributed by atoms with van der Waals surface area (Å²) in [6, 6.07) is 44.1. The van der Waals surface area contributed by atoms with Crippen molar-refractivity contribution < 1.29 is 40.4 Å². The van der Waals surface area contributed by atoms with E-state index >= 15 is 0 Å². The summed E-state index contributed by atoms with van der Waals surface area (Å²) < 4.78 is 11.8. The van der Waals surface area contributed by atoms with E-state index < -0.39 is 30.6 Å². The Morgan fingerprint density at radius 1 is 0.478 bits per heavy atom. The first kappa shape index (κ1) is 39.6. The van der Waals surface area contributed by atoms with Gasteiger partial charge >= 0.3 is 0 Å². The smallest absolute Gasteiger partial charge is 0.171 e. The maximum atomic E-state index is 5.92. The summed E-state index contributed by atoms with van der Waals surface area (Å²) in [4.78, 5) is 0. The van der Waals surface area contributed by atoms with Crippen LogP contribution in [0, 0.1) is 40.4 Å². The predicted octanol–water partition coefficient (Wildman–Crippen LogP) is 11.3. The van der Waals surface area contributed by atoms with Crippen LogP contribution in [0.3, 0.4) is 0 Å². The molecule has 5 rings (SSSR count). The molecule has 0 N–H and O–H groups in total. The zero-order chi connectivity index (χ0) is 32.2. The van der Waals surface area contributed by atoms with Gasteiger partial charge in [0.25, 0.3) is 0 Å². The van der Waals surface area contributed by atoms with Crippen LogP contribution < -0.4 is 21.2 Å². The molecule has 46 heavy (non-hydrogen) atoms. The Morgan fingerprint density at radius 3 is 1.02 bits per heavy atom. The van der Waals surface area contributed by atoms with Crippen molar-refractivity contribution in [3.05, 3.63) is 126 Å². The molecule has 0 radical (unpaired) electrons. The standard InChI is InChI=1S/C31H39N2P2Si2.C8H16.Sm/c1-36(2,3)32-34(28-19-11-7-12-20-28,29-21-13-8-14-22-29)27-35(33-37(4,5)6,30-23-15-9-16-24-30)31-25-17-10-18-26-31;1-2-4-6-8-7-5-3-1;/h7-27H,1-6H3;1-8H2;/q-1;;. The average Bonchev–Trinajstić information content (AvgIpc) is 3.01. The average molecular weight is 820 g/mol. The van der Waals surface area contributed by atoms with Gasteiger partial charge in [0.1, 0.15) is 0 Å². The summed E-state index contributed by atoms with van der Waals surface area (Å²) in [5.41, 5.74) is 2.69. The van der Waals surface area contributed by atoms with Gasteiger partial charge in [-0.05, 0) is 21.2 Å². The molecule has 4 aromatic rings. The van der Waals surface area contributed by atoms with Crippen molar-refractivity contribution in [1.29, 1.82) is 0 Å². The zero-order valence-electron chi connectivity index (χ0n) is 29.0. The Kier molecular flexibility index (Phi) is 16.2. The first-order chi connectivity index (χ1) is 21.5. The van der Waals surface area contributed by atoms with E-state index in [0.29, 0.717) is 0 Å². The number of hydrogen-bond donors (Lipinski definition) is 0. The molecule has 0 atom stereocenters. The van der Waals surface area contributed by atoms with Crippen molar-refractivity contribution in [2.75, 3.05) is 0 Å². The van der Waals surface area contributed by atoms with E-state index in [1.54, 1.807) is 0 Å². The molecule has 1 saturated carbocycles. The SMILES string of the molecule is C1CCCCCCC1.C[Si](C)(C)N=P(C=P([N-][Si](C)(C)C)(c1ccccc1)c1ccccc1)(c1ccccc1)c1ccccc1.[Sm]. The fourth-order valence-electron chi connectivity index (χ4n) is 6.07. The quantitative estimate of drug-likeness (QED) is 0.125. The molecular weight excluding hydrogens is 765 g/mol. The molecule has 7 heteroatoms. The molecule has 0 aliphatic heterocycles. The largest absolute Gasteiger partial charge is 0.631 e. The van der Waals surface area contributed by atoms with Crippen molar-refractivity contribution in [1.82, 2.24) is 0 Å². The van der Waals surface area contributed by atoms with Gasteiger partial charge in [0.15, 0.2) is 8.24 Å². The Labute approximate surface area is 316 Å². The third-order valence-corrected chi connectivity index (χ3v) is 22.2. The Hall–Kier alpha value is -0.859. The van der Waals surface area contributed by atoms with Crippen molar-refractivity contribution in [2.24, 2.45) is 4.41 Å². The van der Waals surface area contributed by atoms with Crippen LogP contribution in [0.2, 0.25) is 39.3 Å². The summed E-state index contributed by atoms with van der Waals surface area (Å²) in [5, 5.41) is 5.24. The molecule has 0 saturated heterocycles. The molecule has 0 bridgehead atoms. The van der Waals surface area contributed by atoms with E-state index in [0.717, 1.165) is 0 Å². The third-order valence-electron chi connectivity index (χ3n) is 7.85. The summed E-state index contributed by atoms with van der Waals surface area (Å²) in [7, 11) is -8.42. The fraction of sp³-hybridized carbons (Fsp3) is 0.359. The second-order valence-corrected chi connectivity index (χ2v) is 30.2. The number of benzene rings is 4. The number of rotatable bonds is 8. The normalized spacial score (nSPS) is 14.4. The van der Waals surface area contributed by atoms with Gasteiger partial charge in [-0.15, -0.1) is 7.04 Å². The van der Waals surface area contributed by atoms with Gasteiger partial charge in [0.05, 0.1) is 0 Å². The van der Waals surface area contributed by atoms with Gasteiger partial charge in [0.2, 0.25) is 0 Å².